The molecular formula is C18H23N5O5S2. The highest BCUT2D eigenvalue weighted by Crippen LogP contribution is 2.38. The van der Waals surface area contributed by atoms with Crippen LogP contribution in [0.2, 0.25) is 0 Å². The number of aromatic amines is 1. The molecule has 1 saturated carbocycles. The number of hydrogen-bond donors (Lipinski definition) is 2. The SMILES string of the molecule is COc1ccc(NC(=O)CSc2n[nH]c(C3CC3)n2)cc1S(=O)(=O)N1CCOCC1. The van der Waals surface area contributed by atoms with Crippen LogP contribution in [0.1, 0.15) is 24.6 Å². The number of H-pyrrole nitrogens is 1. The van der Waals surface area contributed by atoms with Gasteiger partial charge >= 0.3 is 0 Å². The molecule has 30 heavy (non-hydrogen) atoms. The Morgan fingerprint density at radius 3 is 2.83 bits per heavy atom. The van der Waals surface area contributed by atoms with Gasteiger partial charge in [-0.05, 0) is 31.0 Å². The minimum absolute atomic E-state index is 0.0143. The molecule has 2 fully saturated rings. The Kier molecular flexibility index (Phi) is 6.27. The molecule has 1 aromatic carbocycles. The molecule has 1 aliphatic heterocycles. The Labute approximate surface area is 178 Å². The van der Waals surface area contributed by atoms with Crippen LogP contribution in [0, 0.1) is 0 Å². The largest absolute Gasteiger partial charge is 0.495 e. The third-order valence-electron chi connectivity index (χ3n) is 4.81. The lowest BCUT2D eigenvalue weighted by Gasteiger charge is -2.26. The number of methoxy groups -OCH3 is 1. The molecular weight excluding hydrogens is 430 g/mol. The molecule has 0 atom stereocenters. The molecule has 1 amide bonds. The van der Waals surface area contributed by atoms with Gasteiger partial charge in [0.1, 0.15) is 16.5 Å². The summed E-state index contributed by atoms with van der Waals surface area (Å²) in [6.45, 7) is 1.24. The van der Waals surface area contributed by atoms with E-state index in [0.29, 0.717) is 30.0 Å². The number of nitrogens with zero attached hydrogens (tertiary/aromatic N) is 3. The Bertz CT molecular complexity index is 1020. The molecule has 12 heteroatoms. The number of rotatable bonds is 8. The highest BCUT2D eigenvalue weighted by atomic mass is 32.2. The van der Waals surface area contributed by atoms with Crippen LogP contribution >= 0.6 is 11.8 Å². The second-order valence-corrected chi connectivity index (χ2v) is 9.85. The molecule has 2 N–H and O–H groups in total. The number of benzene rings is 1. The van der Waals surface area contributed by atoms with E-state index in [0.717, 1.165) is 18.7 Å². The van der Waals surface area contributed by atoms with Crippen LogP contribution in [0.25, 0.3) is 0 Å². The third kappa shape index (κ3) is 4.77. The monoisotopic (exact) mass is 453 g/mol. The number of amides is 1. The molecule has 2 heterocycles. The van der Waals surface area contributed by atoms with E-state index < -0.39 is 10.0 Å². The molecule has 10 nitrogen and oxygen atoms in total. The van der Waals surface area contributed by atoms with Crippen LogP contribution in [-0.4, -0.2) is 73.0 Å². The fourth-order valence-corrected chi connectivity index (χ4v) is 5.27. The number of sulfonamides is 1. The number of carbonyl (C=O) groups is 1. The molecule has 162 valence electrons. The number of hydrogen-bond acceptors (Lipinski definition) is 8. The van der Waals surface area contributed by atoms with Gasteiger partial charge in [-0.3, -0.25) is 9.89 Å². The minimum atomic E-state index is -3.77. The lowest BCUT2D eigenvalue weighted by atomic mass is 10.3. The summed E-state index contributed by atoms with van der Waals surface area (Å²) in [5.74, 6) is 1.39. The summed E-state index contributed by atoms with van der Waals surface area (Å²) in [6, 6.07) is 4.56. The Morgan fingerprint density at radius 1 is 1.37 bits per heavy atom. The first-order valence-corrected chi connectivity index (χ1v) is 12.0. The number of morpholine rings is 1. The van der Waals surface area contributed by atoms with E-state index in [4.69, 9.17) is 9.47 Å². The molecule has 0 spiro atoms. The average molecular weight is 454 g/mol. The first-order chi connectivity index (χ1) is 14.5. The normalized spacial score (nSPS) is 17.6. The Balaban J connectivity index is 1.43. The van der Waals surface area contributed by atoms with Gasteiger partial charge < -0.3 is 14.8 Å². The van der Waals surface area contributed by atoms with Gasteiger partial charge in [0.15, 0.2) is 0 Å². The summed E-state index contributed by atoms with van der Waals surface area (Å²) < 4.78 is 37.9. The lowest BCUT2D eigenvalue weighted by Crippen LogP contribution is -2.40. The van der Waals surface area contributed by atoms with Crippen molar-refractivity contribution >= 4 is 33.4 Å². The highest BCUT2D eigenvalue weighted by Gasteiger charge is 2.30. The minimum Gasteiger partial charge on any atom is -0.495 e. The lowest BCUT2D eigenvalue weighted by molar-refractivity contribution is -0.113. The number of carbonyl (C=O) groups excluding carboxylic acids is 1. The first kappa shape index (κ1) is 21.1. The van der Waals surface area contributed by atoms with Gasteiger partial charge in [0.05, 0.1) is 26.1 Å². The predicted octanol–water partition coefficient (Wildman–Crippen LogP) is 1.44. The van der Waals surface area contributed by atoms with E-state index in [9.17, 15) is 13.2 Å². The molecule has 2 aromatic rings. The standard InChI is InChI=1S/C18H23N5O5S2/c1-27-14-5-4-13(10-15(14)30(25,26)23-6-8-28-9-7-23)19-16(24)11-29-18-20-17(21-22-18)12-2-3-12/h4-5,10,12H,2-3,6-9,11H2,1H3,(H,19,24)(H,20,21,22). The maximum Gasteiger partial charge on any atom is 0.246 e. The summed E-state index contributed by atoms with van der Waals surface area (Å²) in [5, 5.41) is 10.3. The van der Waals surface area contributed by atoms with Gasteiger partial charge in [-0.1, -0.05) is 11.8 Å². The molecule has 4 rings (SSSR count). The number of anilines is 1. The summed E-state index contributed by atoms with van der Waals surface area (Å²) in [6.07, 6.45) is 2.24. The Hall–Kier alpha value is -2.15. The van der Waals surface area contributed by atoms with E-state index in [1.807, 2.05) is 0 Å². The van der Waals surface area contributed by atoms with Crippen LogP contribution in [0.4, 0.5) is 5.69 Å². The number of nitrogens with one attached hydrogen (secondary N) is 2. The van der Waals surface area contributed by atoms with Crippen LogP contribution in [0.15, 0.2) is 28.3 Å². The van der Waals surface area contributed by atoms with Crippen molar-refractivity contribution in [3.05, 3.63) is 24.0 Å². The average Bonchev–Trinajstić information content (AvgIpc) is 3.50. The van der Waals surface area contributed by atoms with Crippen molar-refractivity contribution in [3.8, 4) is 5.75 Å². The van der Waals surface area contributed by atoms with Gasteiger partial charge in [-0.2, -0.15) is 4.31 Å². The molecule has 1 saturated heterocycles. The first-order valence-electron chi connectivity index (χ1n) is 9.58. The second kappa shape index (κ2) is 8.92. The van der Waals surface area contributed by atoms with Crippen molar-refractivity contribution < 1.29 is 22.7 Å². The molecule has 0 radical (unpaired) electrons. The van der Waals surface area contributed by atoms with Gasteiger partial charge in [0.2, 0.25) is 21.1 Å². The van der Waals surface area contributed by atoms with E-state index in [2.05, 4.69) is 20.5 Å². The predicted molar refractivity (Wildman–Crippen MR) is 110 cm³/mol. The Morgan fingerprint density at radius 2 is 2.13 bits per heavy atom. The van der Waals surface area contributed by atoms with Gasteiger partial charge in [0.25, 0.3) is 0 Å². The molecule has 0 unspecified atom stereocenters. The molecule has 1 aromatic heterocycles. The van der Waals surface area contributed by atoms with Crippen LogP contribution in [-0.2, 0) is 19.6 Å². The molecule has 2 aliphatic rings. The zero-order valence-electron chi connectivity index (χ0n) is 16.5. The van der Waals surface area contributed by atoms with Crippen LogP contribution in [0.5, 0.6) is 5.75 Å². The molecule has 0 bridgehead atoms. The fourth-order valence-electron chi connectivity index (χ4n) is 3.07. The summed E-state index contributed by atoms with van der Waals surface area (Å²) in [7, 11) is -2.36. The smallest absolute Gasteiger partial charge is 0.246 e. The van der Waals surface area contributed by atoms with Crippen molar-refractivity contribution in [1.29, 1.82) is 0 Å². The van der Waals surface area contributed by atoms with E-state index >= 15 is 0 Å². The summed E-state index contributed by atoms with van der Waals surface area (Å²) in [4.78, 5) is 16.7. The molecule has 1 aliphatic carbocycles. The van der Waals surface area contributed by atoms with Crippen molar-refractivity contribution in [2.75, 3.05) is 44.5 Å². The zero-order chi connectivity index (χ0) is 21.1. The van der Waals surface area contributed by atoms with Gasteiger partial charge in [-0.15, -0.1) is 5.10 Å². The van der Waals surface area contributed by atoms with E-state index in [1.54, 1.807) is 6.07 Å². The fraction of sp³-hybridized carbons (Fsp3) is 0.500. The number of ether oxygens (including phenoxy) is 2. The summed E-state index contributed by atoms with van der Waals surface area (Å²) >= 11 is 1.22. The quantitative estimate of drug-likeness (QED) is 0.575. The maximum atomic E-state index is 13.0. The highest BCUT2D eigenvalue weighted by molar-refractivity contribution is 7.99. The van der Waals surface area contributed by atoms with Crippen molar-refractivity contribution in [1.82, 2.24) is 19.5 Å². The number of aromatic nitrogens is 3. The maximum absolute atomic E-state index is 13.0. The van der Waals surface area contributed by atoms with Crippen molar-refractivity contribution in [3.63, 3.8) is 0 Å². The van der Waals surface area contributed by atoms with Gasteiger partial charge in [0, 0.05) is 24.7 Å². The van der Waals surface area contributed by atoms with E-state index in [1.165, 1.54) is 35.3 Å². The van der Waals surface area contributed by atoms with Crippen LogP contribution in [0.3, 0.4) is 0 Å². The second-order valence-electron chi connectivity index (χ2n) is 7.00. The van der Waals surface area contributed by atoms with Crippen molar-refractivity contribution in [2.45, 2.75) is 28.8 Å². The van der Waals surface area contributed by atoms with Crippen molar-refractivity contribution in [2.24, 2.45) is 0 Å². The third-order valence-corrected chi connectivity index (χ3v) is 7.58. The van der Waals surface area contributed by atoms with Crippen LogP contribution < -0.4 is 10.1 Å². The van der Waals surface area contributed by atoms with E-state index in [-0.39, 0.29) is 35.4 Å². The summed E-state index contributed by atoms with van der Waals surface area (Å²) in [5.41, 5.74) is 0.377. The number of thioether (sulfide) groups is 1. The topological polar surface area (TPSA) is 127 Å². The zero-order valence-corrected chi connectivity index (χ0v) is 18.1. The van der Waals surface area contributed by atoms with Gasteiger partial charge in [-0.25, -0.2) is 13.4 Å².